The molecule has 2 heterocycles. The van der Waals surface area contributed by atoms with Crippen molar-refractivity contribution in [3.8, 4) is 5.75 Å². The van der Waals surface area contributed by atoms with Crippen LogP contribution >= 0.6 is 0 Å². The molecule has 126 valence electrons. The summed E-state index contributed by atoms with van der Waals surface area (Å²) in [5.74, 6) is 0.942. The average Bonchev–Trinajstić information content (AvgIpc) is 2.62. The number of hydrogen-bond donors (Lipinski definition) is 0. The Labute approximate surface area is 142 Å². The Bertz CT molecular complexity index is 713. The van der Waals surface area contributed by atoms with Crippen LogP contribution < -0.4 is 4.74 Å². The lowest BCUT2D eigenvalue weighted by Crippen LogP contribution is -2.37. The Morgan fingerprint density at radius 3 is 2.71 bits per heavy atom. The normalized spacial score (nSPS) is 13.5. The Hall–Kier alpha value is -2.40. The van der Waals surface area contributed by atoms with E-state index in [1.807, 2.05) is 41.6 Å². The van der Waals surface area contributed by atoms with Gasteiger partial charge in [0.1, 0.15) is 5.75 Å². The first-order chi connectivity index (χ1) is 11.7. The molecule has 0 saturated heterocycles. The van der Waals surface area contributed by atoms with Gasteiger partial charge in [0.15, 0.2) is 0 Å². The van der Waals surface area contributed by atoms with Crippen molar-refractivity contribution in [1.29, 1.82) is 0 Å². The van der Waals surface area contributed by atoms with E-state index >= 15 is 0 Å². The van der Waals surface area contributed by atoms with E-state index in [0.717, 1.165) is 35.4 Å². The number of carbonyl (C=O) groups excluding carboxylic acids is 1. The van der Waals surface area contributed by atoms with Crippen molar-refractivity contribution in [3.05, 3.63) is 58.9 Å². The van der Waals surface area contributed by atoms with Gasteiger partial charge in [0.25, 0.3) is 0 Å². The van der Waals surface area contributed by atoms with E-state index in [1.165, 1.54) is 5.56 Å². The quantitative estimate of drug-likeness (QED) is 0.846. The topological polar surface area (TPSA) is 51.7 Å². The molecule has 1 amide bonds. The maximum absolute atomic E-state index is 12.6. The van der Waals surface area contributed by atoms with Crippen LogP contribution in [0.3, 0.4) is 0 Å². The van der Waals surface area contributed by atoms with Crippen molar-refractivity contribution in [2.24, 2.45) is 0 Å². The number of carbonyl (C=O) groups is 1. The number of rotatable bonds is 5. The Kier molecular flexibility index (Phi) is 5.11. The molecule has 24 heavy (non-hydrogen) atoms. The van der Waals surface area contributed by atoms with Crippen LogP contribution in [0.2, 0.25) is 0 Å². The first kappa shape index (κ1) is 16.5. The zero-order chi connectivity index (χ0) is 16.9. The molecule has 1 aromatic heterocycles. The van der Waals surface area contributed by atoms with Crippen molar-refractivity contribution < 1.29 is 14.3 Å². The van der Waals surface area contributed by atoms with Crippen molar-refractivity contribution in [2.45, 2.75) is 26.0 Å². The number of fused-ring (bicyclic) bond motifs is 1. The van der Waals surface area contributed by atoms with E-state index in [2.05, 4.69) is 4.98 Å². The predicted octanol–water partition coefficient (Wildman–Crippen LogP) is 2.36. The second-order valence-electron chi connectivity index (χ2n) is 5.96. The largest absolute Gasteiger partial charge is 0.497 e. The first-order valence-corrected chi connectivity index (χ1v) is 8.05. The minimum atomic E-state index is 0.142. The highest BCUT2D eigenvalue weighted by atomic mass is 16.5. The summed E-state index contributed by atoms with van der Waals surface area (Å²) in [7, 11) is 3.32. The van der Waals surface area contributed by atoms with Crippen molar-refractivity contribution in [3.63, 3.8) is 0 Å². The Morgan fingerprint density at radius 2 is 2.00 bits per heavy atom. The molecule has 0 atom stereocenters. The summed E-state index contributed by atoms with van der Waals surface area (Å²) in [6.07, 6.45) is 4.98. The standard InChI is InChI=1S/C19H22N2O3/c1-23-13-16-11-20-10-15-12-21(8-7-18(15)16)19(22)9-14-3-5-17(24-2)6-4-14/h3-6,10-11H,7-9,12-13H2,1-2H3. The van der Waals surface area contributed by atoms with Crippen LogP contribution in [-0.2, 0) is 35.5 Å². The van der Waals surface area contributed by atoms with Crippen LogP contribution in [0.5, 0.6) is 5.75 Å². The van der Waals surface area contributed by atoms with Crippen LogP contribution in [0.1, 0.15) is 22.3 Å². The van der Waals surface area contributed by atoms with E-state index in [0.29, 0.717) is 19.6 Å². The number of benzene rings is 1. The predicted molar refractivity (Wildman–Crippen MR) is 90.8 cm³/mol. The summed E-state index contributed by atoms with van der Waals surface area (Å²) in [4.78, 5) is 18.8. The molecule has 1 aliphatic rings. The molecule has 0 radical (unpaired) electrons. The van der Waals surface area contributed by atoms with E-state index in [4.69, 9.17) is 9.47 Å². The van der Waals surface area contributed by atoms with E-state index in [9.17, 15) is 4.79 Å². The molecule has 1 aliphatic heterocycles. The van der Waals surface area contributed by atoms with Crippen LogP contribution in [0.15, 0.2) is 36.7 Å². The van der Waals surface area contributed by atoms with Gasteiger partial charge in [-0.3, -0.25) is 9.78 Å². The van der Waals surface area contributed by atoms with Gasteiger partial charge in [0.05, 0.1) is 20.1 Å². The lowest BCUT2D eigenvalue weighted by Gasteiger charge is -2.30. The number of methoxy groups -OCH3 is 2. The smallest absolute Gasteiger partial charge is 0.227 e. The van der Waals surface area contributed by atoms with Crippen LogP contribution in [0, 0.1) is 0 Å². The summed E-state index contributed by atoms with van der Waals surface area (Å²) in [5.41, 5.74) is 4.52. The third-order valence-electron chi connectivity index (χ3n) is 4.40. The average molecular weight is 326 g/mol. The first-order valence-electron chi connectivity index (χ1n) is 8.05. The van der Waals surface area contributed by atoms with Gasteiger partial charge < -0.3 is 14.4 Å². The van der Waals surface area contributed by atoms with Gasteiger partial charge in [-0.1, -0.05) is 12.1 Å². The highest BCUT2D eigenvalue weighted by molar-refractivity contribution is 5.79. The molecule has 1 aromatic carbocycles. The van der Waals surface area contributed by atoms with Gasteiger partial charge in [-0.25, -0.2) is 0 Å². The van der Waals surface area contributed by atoms with Crippen molar-refractivity contribution in [1.82, 2.24) is 9.88 Å². The Balaban J connectivity index is 1.68. The molecule has 0 fully saturated rings. The Morgan fingerprint density at radius 1 is 1.21 bits per heavy atom. The molecule has 0 unspecified atom stereocenters. The summed E-state index contributed by atoms with van der Waals surface area (Å²) in [5, 5.41) is 0. The molecule has 0 saturated carbocycles. The molecule has 0 aliphatic carbocycles. The molecular formula is C19H22N2O3. The molecule has 0 N–H and O–H groups in total. The van der Waals surface area contributed by atoms with E-state index < -0.39 is 0 Å². The molecule has 3 rings (SSSR count). The van der Waals surface area contributed by atoms with Gasteiger partial charge in [-0.05, 0) is 40.8 Å². The molecule has 2 aromatic rings. The fourth-order valence-corrected chi connectivity index (χ4v) is 3.09. The van der Waals surface area contributed by atoms with Gasteiger partial charge in [0.2, 0.25) is 5.91 Å². The summed E-state index contributed by atoms with van der Waals surface area (Å²) >= 11 is 0. The highest BCUT2D eigenvalue weighted by Crippen LogP contribution is 2.23. The van der Waals surface area contributed by atoms with Crippen LogP contribution in [-0.4, -0.2) is 36.6 Å². The van der Waals surface area contributed by atoms with Gasteiger partial charge >= 0.3 is 0 Å². The highest BCUT2D eigenvalue weighted by Gasteiger charge is 2.22. The summed E-state index contributed by atoms with van der Waals surface area (Å²) in [6.45, 7) is 1.92. The lowest BCUT2D eigenvalue weighted by atomic mass is 9.97. The number of ether oxygens (including phenoxy) is 2. The number of hydrogen-bond acceptors (Lipinski definition) is 4. The third-order valence-corrected chi connectivity index (χ3v) is 4.40. The fraction of sp³-hybridized carbons (Fsp3) is 0.368. The lowest BCUT2D eigenvalue weighted by molar-refractivity contribution is -0.131. The number of amides is 1. The monoisotopic (exact) mass is 326 g/mol. The second kappa shape index (κ2) is 7.45. The second-order valence-corrected chi connectivity index (χ2v) is 5.96. The minimum absolute atomic E-state index is 0.142. The SMILES string of the molecule is COCc1cncc2c1CCN(C(=O)Cc1ccc(OC)cc1)C2. The van der Waals surface area contributed by atoms with Gasteiger partial charge in [0, 0.05) is 32.6 Å². The van der Waals surface area contributed by atoms with E-state index in [-0.39, 0.29) is 5.91 Å². The molecule has 5 heteroatoms. The van der Waals surface area contributed by atoms with Crippen molar-refractivity contribution >= 4 is 5.91 Å². The van der Waals surface area contributed by atoms with E-state index in [1.54, 1.807) is 14.2 Å². The third kappa shape index (κ3) is 3.57. The minimum Gasteiger partial charge on any atom is -0.497 e. The number of pyridine rings is 1. The number of nitrogens with zero attached hydrogens (tertiary/aromatic N) is 2. The molecule has 0 bridgehead atoms. The zero-order valence-corrected chi connectivity index (χ0v) is 14.1. The molecule has 0 spiro atoms. The summed E-state index contributed by atoms with van der Waals surface area (Å²) < 4.78 is 10.4. The van der Waals surface area contributed by atoms with Crippen molar-refractivity contribution in [2.75, 3.05) is 20.8 Å². The number of aromatic nitrogens is 1. The molecule has 5 nitrogen and oxygen atoms in total. The van der Waals surface area contributed by atoms with Crippen LogP contribution in [0.25, 0.3) is 0 Å². The maximum atomic E-state index is 12.6. The fourth-order valence-electron chi connectivity index (χ4n) is 3.09. The van der Waals surface area contributed by atoms with Crippen LogP contribution in [0.4, 0.5) is 0 Å². The zero-order valence-electron chi connectivity index (χ0n) is 14.1. The maximum Gasteiger partial charge on any atom is 0.227 e. The summed E-state index contributed by atoms with van der Waals surface area (Å²) in [6, 6.07) is 7.64. The molecular weight excluding hydrogens is 304 g/mol. The van der Waals surface area contributed by atoms with Gasteiger partial charge in [-0.15, -0.1) is 0 Å². The van der Waals surface area contributed by atoms with Gasteiger partial charge in [-0.2, -0.15) is 0 Å².